The largest absolute Gasteiger partial charge is 0.465 e. The number of halogens is 1. The molecule has 0 amide bonds. The molecule has 2 rings (SSSR count). The molecule has 0 N–H and O–H groups in total. The van der Waals surface area contributed by atoms with E-state index in [9.17, 15) is 13.2 Å². The Hall–Kier alpha value is -1.85. The van der Waals surface area contributed by atoms with Crippen molar-refractivity contribution in [3.8, 4) is 0 Å². The monoisotopic (exact) mass is 352 g/mol. The van der Waals surface area contributed by atoms with E-state index in [1.807, 2.05) is 6.92 Å². The molecule has 0 aliphatic heterocycles. The molecule has 0 aromatic heterocycles. The van der Waals surface area contributed by atoms with Gasteiger partial charge in [-0.1, -0.05) is 29.3 Å². The van der Waals surface area contributed by atoms with Crippen LogP contribution in [0.1, 0.15) is 27.0 Å². The van der Waals surface area contributed by atoms with Crippen molar-refractivity contribution in [2.75, 3.05) is 7.11 Å². The maximum Gasteiger partial charge on any atom is 0.339 e. The van der Waals surface area contributed by atoms with Crippen LogP contribution in [0.3, 0.4) is 0 Å². The lowest BCUT2D eigenvalue weighted by atomic mass is 10.1. The van der Waals surface area contributed by atoms with Crippen molar-refractivity contribution in [3.63, 3.8) is 0 Å². The van der Waals surface area contributed by atoms with Gasteiger partial charge in [0.2, 0.25) is 9.84 Å². The normalized spacial score (nSPS) is 11.3. The van der Waals surface area contributed by atoms with Crippen molar-refractivity contribution in [1.82, 2.24) is 0 Å². The molecular formula is C17H17ClO4S. The number of benzene rings is 2. The van der Waals surface area contributed by atoms with Crippen LogP contribution in [-0.2, 0) is 14.6 Å². The van der Waals surface area contributed by atoms with Gasteiger partial charge < -0.3 is 4.74 Å². The van der Waals surface area contributed by atoms with Crippen LogP contribution in [0, 0.1) is 20.8 Å². The van der Waals surface area contributed by atoms with Crippen molar-refractivity contribution in [3.05, 3.63) is 57.6 Å². The van der Waals surface area contributed by atoms with Gasteiger partial charge in [-0.05, 0) is 50.1 Å². The molecule has 6 heteroatoms. The summed E-state index contributed by atoms with van der Waals surface area (Å²) in [5, 5.41) is 0.265. The molecule has 0 aliphatic rings. The molecule has 2 aromatic carbocycles. The molecule has 2 aromatic rings. The smallest absolute Gasteiger partial charge is 0.339 e. The number of esters is 1. The van der Waals surface area contributed by atoms with Crippen molar-refractivity contribution in [2.45, 2.75) is 30.6 Å². The number of sulfone groups is 1. The van der Waals surface area contributed by atoms with Crippen molar-refractivity contribution in [1.29, 1.82) is 0 Å². The van der Waals surface area contributed by atoms with E-state index in [0.29, 0.717) is 11.1 Å². The van der Waals surface area contributed by atoms with Gasteiger partial charge in [0.15, 0.2) is 0 Å². The second kappa shape index (κ2) is 6.34. The second-order valence-corrected chi connectivity index (χ2v) is 7.65. The molecule has 0 spiro atoms. The number of rotatable bonds is 3. The van der Waals surface area contributed by atoms with Crippen molar-refractivity contribution < 1.29 is 17.9 Å². The number of hydrogen-bond donors (Lipinski definition) is 0. The fourth-order valence-corrected chi connectivity index (χ4v) is 4.74. The highest BCUT2D eigenvalue weighted by Gasteiger charge is 2.28. The summed E-state index contributed by atoms with van der Waals surface area (Å²) in [6, 6.07) is 7.68. The Bertz CT molecular complexity index is 862. The Morgan fingerprint density at radius 3 is 2.13 bits per heavy atom. The first-order valence-corrected chi connectivity index (χ1v) is 8.75. The summed E-state index contributed by atoms with van der Waals surface area (Å²) in [6.45, 7) is 5.37. The Labute approximate surface area is 141 Å². The minimum atomic E-state index is -3.88. The fraction of sp³-hybridized carbons (Fsp3) is 0.235. The van der Waals surface area contributed by atoms with E-state index in [4.69, 9.17) is 11.6 Å². The number of methoxy groups -OCH3 is 1. The Balaban J connectivity index is 2.79. The number of aryl methyl sites for hydroxylation is 3. The molecule has 0 fully saturated rings. The van der Waals surface area contributed by atoms with Crippen LogP contribution in [0.25, 0.3) is 0 Å². The summed E-state index contributed by atoms with van der Waals surface area (Å²) >= 11 is 5.89. The molecule has 4 nitrogen and oxygen atoms in total. The zero-order valence-electron chi connectivity index (χ0n) is 13.3. The lowest BCUT2D eigenvalue weighted by Crippen LogP contribution is -2.13. The third kappa shape index (κ3) is 3.26. The molecular weight excluding hydrogens is 336 g/mol. The highest BCUT2D eigenvalue weighted by atomic mass is 35.5. The van der Waals surface area contributed by atoms with E-state index in [0.717, 1.165) is 5.56 Å². The van der Waals surface area contributed by atoms with Gasteiger partial charge in [-0.2, -0.15) is 0 Å². The first-order valence-electron chi connectivity index (χ1n) is 6.89. The molecule has 0 saturated carbocycles. The second-order valence-electron chi connectivity index (χ2n) is 5.36. The van der Waals surface area contributed by atoms with Crippen molar-refractivity contribution in [2.24, 2.45) is 0 Å². The quantitative estimate of drug-likeness (QED) is 0.786. The molecule has 122 valence electrons. The summed E-state index contributed by atoms with van der Waals surface area (Å²) in [6.07, 6.45) is 0. The summed E-state index contributed by atoms with van der Waals surface area (Å²) in [5.74, 6) is -0.742. The van der Waals surface area contributed by atoms with Crippen LogP contribution in [0.2, 0.25) is 5.02 Å². The van der Waals surface area contributed by atoms with Crippen molar-refractivity contribution >= 4 is 27.4 Å². The fourth-order valence-electron chi connectivity index (χ4n) is 2.71. The Morgan fingerprint density at radius 2 is 1.61 bits per heavy atom. The Kier molecular flexibility index (Phi) is 4.82. The van der Waals surface area contributed by atoms with Crippen LogP contribution in [0.4, 0.5) is 0 Å². The predicted octanol–water partition coefficient (Wildman–Crippen LogP) is 3.88. The van der Waals surface area contributed by atoms with E-state index in [2.05, 4.69) is 4.74 Å². The van der Waals surface area contributed by atoms with Gasteiger partial charge in [0.25, 0.3) is 0 Å². The highest BCUT2D eigenvalue weighted by molar-refractivity contribution is 7.91. The molecule has 23 heavy (non-hydrogen) atoms. The number of ether oxygens (including phenoxy) is 1. The molecule has 0 aliphatic carbocycles. The van der Waals surface area contributed by atoms with E-state index < -0.39 is 15.8 Å². The number of hydrogen-bond acceptors (Lipinski definition) is 4. The summed E-state index contributed by atoms with van der Waals surface area (Å²) < 4.78 is 30.9. The zero-order chi connectivity index (χ0) is 17.4. The Morgan fingerprint density at radius 1 is 1.04 bits per heavy atom. The average Bonchev–Trinajstić information content (AvgIpc) is 2.44. The molecule has 0 atom stereocenters. The number of carbonyl (C=O) groups is 1. The number of carbonyl (C=O) groups excluding carboxylic acids is 1. The van der Waals surface area contributed by atoms with E-state index in [-0.39, 0.29) is 20.4 Å². The third-order valence-corrected chi connectivity index (χ3v) is 5.86. The van der Waals surface area contributed by atoms with Gasteiger partial charge in [0.1, 0.15) is 0 Å². The minimum absolute atomic E-state index is 0.0700. The van der Waals surface area contributed by atoms with Crippen LogP contribution in [0.5, 0.6) is 0 Å². The van der Waals surface area contributed by atoms with Crippen LogP contribution >= 0.6 is 11.6 Å². The SMILES string of the molecule is COC(=O)c1cc(Cl)ccc1S(=O)(=O)c1c(C)cc(C)cc1C. The average molecular weight is 353 g/mol. The van der Waals surface area contributed by atoms with Gasteiger partial charge >= 0.3 is 5.97 Å². The highest BCUT2D eigenvalue weighted by Crippen LogP contribution is 2.31. The summed E-state index contributed by atoms with van der Waals surface area (Å²) in [4.78, 5) is 12.0. The summed E-state index contributed by atoms with van der Waals surface area (Å²) in [7, 11) is -2.68. The predicted molar refractivity (Wildman–Crippen MR) is 88.9 cm³/mol. The molecule has 0 bridgehead atoms. The van der Waals surface area contributed by atoms with Gasteiger partial charge in [-0.25, -0.2) is 13.2 Å². The van der Waals surface area contributed by atoms with E-state index in [1.54, 1.807) is 26.0 Å². The van der Waals surface area contributed by atoms with Gasteiger partial charge in [0, 0.05) is 5.02 Å². The third-order valence-electron chi connectivity index (χ3n) is 3.51. The lowest BCUT2D eigenvalue weighted by molar-refractivity contribution is 0.0596. The van der Waals surface area contributed by atoms with Crippen LogP contribution in [0.15, 0.2) is 40.1 Å². The first-order chi connectivity index (χ1) is 10.7. The molecule has 0 saturated heterocycles. The topological polar surface area (TPSA) is 60.4 Å². The van der Waals surface area contributed by atoms with Crippen LogP contribution < -0.4 is 0 Å². The molecule has 0 heterocycles. The summed E-state index contributed by atoms with van der Waals surface area (Å²) in [5.41, 5.74) is 2.17. The molecule has 0 radical (unpaired) electrons. The van der Waals surface area contributed by atoms with Gasteiger partial charge in [-0.15, -0.1) is 0 Å². The van der Waals surface area contributed by atoms with Crippen LogP contribution in [-0.4, -0.2) is 21.5 Å². The van der Waals surface area contributed by atoms with E-state index >= 15 is 0 Å². The van der Waals surface area contributed by atoms with Gasteiger partial charge in [-0.3, -0.25) is 0 Å². The van der Waals surface area contributed by atoms with E-state index in [1.165, 1.54) is 25.3 Å². The lowest BCUT2D eigenvalue weighted by Gasteiger charge is -2.14. The van der Waals surface area contributed by atoms with Gasteiger partial charge in [0.05, 0.1) is 22.5 Å². The molecule has 0 unspecified atom stereocenters. The minimum Gasteiger partial charge on any atom is -0.465 e. The zero-order valence-corrected chi connectivity index (χ0v) is 14.9. The maximum absolute atomic E-state index is 13.1. The standard InChI is InChI=1S/C17H17ClO4S/c1-10-7-11(2)16(12(3)8-10)23(20,21)15-6-5-13(18)9-14(15)17(19)22-4/h5-9H,1-4H3. The first kappa shape index (κ1) is 17.5. The maximum atomic E-state index is 13.1.